The van der Waals surface area contributed by atoms with E-state index in [9.17, 15) is 0 Å². The number of nitrogens with two attached hydrogens (primary N) is 1. The van der Waals surface area contributed by atoms with Gasteiger partial charge in [0.05, 0.1) is 0 Å². The smallest absolute Gasteiger partial charge is 0.183 e. The van der Waals surface area contributed by atoms with Gasteiger partial charge in [-0.2, -0.15) is 0 Å². The van der Waals surface area contributed by atoms with Crippen LogP contribution in [0, 0.1) is 0 Å². The summed E-state index contributed by atoms with van der Waals surface area (Å²) in [6, 6.07) is 0. The van der Waals surface area contributed by atoms with Crippen molar-refractivity contribution in [2.24, 2.45) is 5.73 Å². The normalized spacial score (nSPS) is 43.0. The average Bonchev–Trinajstić information content (AvgIpc) is 2.19. The summed E-state index contributed by atoms with van der Waals surface area (Å²) in [6.45, 7) is 0.432. The number of aliphatic hydroxyl groups is 1. The van der Waals surface area contributed by atoms with Crippen molar-refractivity contribution in [3.05, 3.63) is 0 Å². The summed E-state index contributed by atoms with van der Waals surface area (Å²) >= 11 is 0. The third-order valence-electron chi connectivity index (χ3n) is 0.788. The van der Waals surface area contributed by atoms with Crippen LogP contribution in [0.1, 0.15) is 0 Å². The third-order valence-corrected chi connectivity index (χ3v) is 0.788. The van der Waals surface area contributed by atoms with E-state index >= 15 is 0 Å². The lowest BCUT2D eigenvalue weighted by Crippen LogP contribution is -2.08. The quantitative estimate of drug-likeness (QED) is 0.391. The first-order chi connectivity index (χ1) is 2.84. The minimum atomic E-state index is -0.560. The zero-order valence-corrected chi connectivity index (χ0v) is 3.29. The van der Waals surface area contributed by atoms with E-state index in [0.717, 1.165) is 0 Å². The molecule has 1 fully saturated rings. The molecule has 36 valence electrons. The van der Waals surface area contributed by atoms with Gasteiger partial charge in [0, 0.05) is 6.54 Å². The number of hydrogen-bond acceptors (Lipinski definition) is 3. The standard InChI is InChI=1S/C3H7NO2/c4-1-2-3(5)6-2/h2-3,5H,1,4H2/t2?,3-/m1/s1. The number of rotatable bonds is 1. The first-order valence-electron chi connectivity index (χ1n) is 1.88. The molecule has 0 bridgehead atoms. The summed E-state index contributed by atoms with van der Waals surface area (Å²) in [5.41, 5.74) is 5.04. The lowest BCUT2D eigenvalue weighted by Gasteiger charge is -1.73. The molecule has 1 heterocycles. The highest BCUT2D eigenvalue weighted by Gasteiger charge is 2.34. The predicted molar refractivity (Wildman–Crippen MR) is 19.9 cm³/mol. The van der Waals surface area contributed by atoms with Gasteiger partial charge in [0.15, 0.2) is 6.29 Å². The zero-order chi connectivity index (χ0) is 4.57. The van der Waals surface area contributed by atoms with E-state index in [-0.39, 0.29) is 6.10 Å². The van der Waals surface area contributed by atoms with E-state index in [2.05, 4.69) is 4.74 Å². The Balaban J connectivity index is 2.09. The van der Waals surface area contributed by atoms with Crippen molar-refractivity contribution in [3.8, 4) is 0 Å². The lowest BCUT2D eigenvalue weighted by molar-refractivity contribution is 0.156. The summed E-state index contributed by atoms with van der Waals surface area (Å²) in [5.74, 6) is 0. The Morgan fingerprint density at radius 1 is 1.83 bits per heavy atom. The molecule has 3 nitrogen and oxygen atoms in total. The van der Waals surface area contributed by atoms with Crippen molar-refractivity contribution in [1.29, 1.82) is 0 Å². The highest BCUT2D eigenvalue weighted by molar-refractivity contribution is 4.74. The van der Waals surface area contributed by atoms with Gasteiger partial charge in [0.25, 0.3) is 0 Å². The molecule has 3 heteroatoms. The summed E-state index contributed by atoms with van der Waals surface area (Å²) in [6.07, 6.45) is -0.625. The molecule has 1 saturated heterocycles. The molecule has 0 aromatic rings. The molecule has 0 spiro atoms. The molecule has 2 atom stereocenters. The van der Waals surface area contributed by atoms with Gasteiger partial charge in [-0.05, 0) is 0 Å². The molecule has 6 heavy (non-hydrogen) atoms. The number of aliphatic hydroxyl groups excluding tert-OH is 1. The maximum atomic E-state index is 8.32. The van der Waals surface area contributed by atoms with Crippen LogP contribution in [-0.2, 0) is 4.74 Å². The molecule has 0 aromatic carbocycles. The van der Waals surface area contributed by atoms with Gasteiger partial charge in [-0.1, -0.05) is 0 Å². The van der Waals surface area contributed by atoms with Crippen LogP contribution >= 0.6 is 0 Å². The minimum Gasteiger partial charge on any atom is -0.366 e. The third kappa shape index (κ3) is 0.518. The second kappa shape index (κ2) is 1.18. The van der Waals surface area contributed by atoms with Crippen molar-refractivity contribution in [2.75, 3.05) is 6.54 Å². The van der Waals surface area contributed by atoms with E-state index in [0.29, 0.717) is 6.54 Å². The van der Waals surface area contributed by atoms with E-state index in [4.69, 9.17) is 10.8 Å². The molecule has 0 saturated carbocycles. The first-order valence-corrected chi connectivity index (χ1v) is 1.88. The second-order valence-corrected chi connectivity index (χ2v) is 1.30. The van der Waals surface area contributed by atoms with Crippen LogP contribution in [-0.4, -0.2) is 24.0 Å². The molecule has 1 rings (SSSR count). The van der Waals surface area contributed by atoms with Gasteiger partial charge in [-0.25, -0.2) is 0 Å². The van der Waals surface area contributed by atoms with Gasteiger partial charge in [0.1, 0.15) is 6.10 Å². The fourth-order valence-electron chi connectivity index (χ4n) is 0.306. The average molecular weight is 89.1 g/mol. The van der Waals surface area contributed by atoms with Crippen LogP contribution in [0.3, 0.4) is 0 Å². The fourth-order valence-corrected chi connectivity index (χ4v) is 0.306. The van der Waals surface area contributed by atoms with Gasteiger partial charge in [-0.3, -0.25) is 0 Å². The topological polar surface area (TPSA) is 58.8 Å². The monoisotopic (exact) mass is 89.0 g/mol. The molecule has 1 aliphatic rings. The van der Waals surface area contributed by atoms with Gasteiger partial charge < -0.3 is 15.6 Å². The van der Waals surface area contributed by atoms with Crippen molar-refractivity contribution >= 4 is 0 Å². The molecule has 0 amide bonds. The predicted octanol–water partition coefficient (Wildman–Crippen LogP) is -1.34. The summed E-state index contributed by atoms with van der Waals surface area (Å²) < 4.78 is 4.50. The molecule has 1 unspecified atom stereocenters. The van der Waals surface area contributed by atoms with Crippen LogP contribution in [0.5, 0.6) is 0 Å². The van der Waals surface area contributed by atoms with Crippen molar-refractivity contribution < 1.29 is 9.84 Å². The lowest BCUT2D eigenvalue weighted by atomic mass is 10.5. The van der Waals surface area contributed by atoms with Crippen LogP contribution in [0.4, 0.5) is 0 Å². The molecule has 1 aliphatic heterocycles. The highest BCUT2D eigenvalue weighted by Crippen LogP contribution is 2.15. The summed E-state index contributed by atoms with van der Waals surface area (Å²) in [7, 11) is 0. The van der Waals surface area contributed by atoms with Gasteiger partial charge in [-0.15, -0.1) is 0 Å². The molecular weight excluding hydrogens is 82.0 g/mol. The maximum absolute atomic E-state index is 8.32. The van der Waals surface area contributed by atoms with Crippen LogP contribution in [0.2, 0.25) is 0 Å². The van der Waals surface area contributed by atoms with Crippen LogP contribution in [0.15, 0.2) is 0 Å². The second-order valence-electron chi connectivity index (χ2n) is 1.30. The Morgan fingerprint density at radius 2 is 2.33 bits per heavy atom. The molecule has 0 radical (unpaired) electrons. The van der Waals surface area contributed by atoms with Crippen LogP contribution in [0.25, 0.3) is 0 Å². The molecule has 0 aliphatic carbocycles. The summed E-state index contributed by atoms with van der Waals surface area (Å²) in [5, 5.41) is 8.32. The van der Waals surface area contributed by atoms with Crippen molar-refractivity contribution in [1.82, 2.24) is 0 Å². The fraction of sp³-hybridized carbons (Fsp3) is 1.00. The SMILES string of the molecule is NCC1O[C@H]1O. The number of hydrogen-bond donors (Lipinski definition) is 2. The van der Waals surface area contributed by atoms with E-state index < -0.39 is 6.29 Å². The van der Waals surface area contributed by atoms with Crippen molar-refractivity contribution in [2.45, 2.75) is 12.4 Å². The minimum absolute atomic E-state index is 0.0648. The molecule has 3 N–H and O–H groups in total. The molecular formula is C3H7NO2. The Hall–Kier alpha value is -0.120. The zero-order valence-electron chi connectivity index (χ0n) is 3.29. The Bertz CT molecular complexity index is 54.8. The molecule has 0 aromatic heterocycles. The number of ether oxygens (including phenoxy) is 1. The van der Waals surface area contributed by atoms with E-state index in [1.54, 1.807) is 0 Å². The van der Waals surface area contributed by atoms with Crippen LogP contribution < -0.4 is 5.73 Å². The van der Waals surface area contributed by atoms with Gasteiger partial charge >= 0.3 is 0 Å². The van der Waals surface area contributed by atoms with E-state index in [1.807, 2.05) is 0 Å². The Kier molecular flexibility index (Phi) is 0.799. The first kappa shape index (κ1) is 4.05. The van der Waals surface area contributed by atoms with Gasteiger partial charge in [0.2, 0.25) is 0 Å². The Morgan fingerprint density at radius 3 is 2.33 bits per heavy atom. The summed E-state index contributed by atoms with van der Waals surface area (Å²) in [4.78, 5) is 0. The largest absolute Gasteiger partial charge is 0.366 e. The Labute approximate surface area is 35.7 Å². The maximum Gasteiger partial charge on any atom is 0.183 e. The highest BCUT2D eigenvalue weighted by atomic mass is 16.7. The van der Waals surface area contributed by atoms with Crippen molar-refractivity contribution in [3.63, 3.8) is 0 Å². The van der Waals surface area contributed by atoms with E-state index in [1.165, 1.54) is 0 Å². The number of epoxide rings is 1.